The molecule has 0 aliphatic heterocycles. The Morgan fingerprint density at radius 3 is 2.44 bits per heavy atom. The lowest BCUT2D eigenvalue weighted by atomic mass is 10.2. The number of rotatable bonds is 10. The van der Waals surface area contributed by atoms with E-state index in [1.165, 1.54) is 0 Å². The molecule has 1 fully saturated rings. The number of sulfonamides is 1. The Kier molecular flexibility index (Phi) is 6.52. The SMILES string of the molecule is COCC(C)Oc1cccc(CN(C2CC2)S(=O)(=O)Cc2ccccc2)c1. The van der Waals surface area contributed by atoms with Crippen LogP contribution in [0.15, 0.2) is 54.6 Å². The van der Waals surface area contributed by atoms with Crippen molar-refractivity contribution in [2.45, 2.75) is 44.2 Å². The van der Waals surface area contributed by atoms with E-state index in [2.05, 4.69) is 0 Å². The highest BCUT2D eigenvalue weighted by Gasteiger charge is 2.37. The van der Waals surface area contributed by atoms with Gasteiger partial charge in [-0.25, -0.2) is 8.42 Å². The molecule has 0 heterocycles. The van der Waals surface area contributed by atoms with Gasteiger partial charge in [0.2, 0.25) is 10.0 Å². The molecule has 27 heavy (non-hydrogen) atoms. The summed E-state index contributed by atoms with van der Waals surface area (Å²) in [5.41, 5.74) is 1.74. The normalized spacial score (nSPS) is 15.7. The maximum atomic E-state index is 13.0. The molecule has 5 nitrogen and oxygen atoms in total. The van der Waals surface area contributed by atoms with Crippen LogP contribution in [0, 0.1) is 0 Å². The van der Waals surface area contributed by atoms with E-state index in [1.807, 2.05) is 61.5 Å². The third-order valence-electron chi connectivity index (χ3n) is 4.48. The van der Waals surface area contributed by atoms with Crippen LogP contribution in [-0.2, 0) is 27.1 Å². The minimum atomic E-state index is -3.38. The van der Waals surface area contributed by atoms with E-state index in [1.54, 1.807) is 11.4 Å². The zero-order chi connectivity index (χ0) is 19.3. The molecule has 2 aromatic carbocycles. The molecule has 0 bridgehead atoms. The smallest absolute Gasteiger partial charge is 0.218 e. The number of methoxy groups -OCH3 is 1. The molecular weight excluding hydrogens is 362 g/mol. The first kappa shape index (κ1) is 19.9. The fourth-order valence-corrected chi connectivity index (χ4v) is 4.87. The standard InChI is InChI=1S/C21H27NO4S/c1-17(15-25-2)26-21-10-6-9-19(13-21)14-22(20-11-12-20)27(23,24)16-18-7-4-3-5-8-18/h3-10,13,17,20H,11-12,14-16H2,1-2H3. The Morgan fingerprint density at radius 2 is 1.78 bits per heavy atom. The summed E-state index contributed by atoms with van der Waals surface area (Å²) < 4.78 is 38.6. The number of ether oxygens (including phenoxy) is 2. The van der Waals surface area contributed by atoms with Crippen LogP contribution in [0.4, 0.5) is 0 Å². The van der Waals surface area contributed by atoms with Crippen LogP contribution >= 0.6 is 0 Å². The Labute approximate surface area is 162 Å². The van der Waals surface area contributed by atoms with Gasteiger partial charge in [-0.15, -0.1) is 0 Å². The van der Waals surface area contributed by atoms with Crippen LogP contribution in [0.25, 0.3) is 0 Å². The molecule has 0 aromatic heterocycles. The van der Waals surface area contributed by atoms with Crippen LogP contribution in [0.3, 0.4) is 0 Å². The van der Waals surface area contributed by atoms with Crippen molar-refractivity contribution in [2.75, 3.05) is 13.7 Å². The third kappa shape index (κ3) is 5.79. The molecular formula is C21H27NO4S. The van der Waals surface area contributed by atoms with Gasteiger partial charge < -0.3 is 9.47 Å². The van der Waals surface area contributed by atoms with E-state index in [0.29, 0.717) is 13.2 Å². The van der Waals surface area contributed by atoms with E-state index < -0.39 is 10.0 Å². The quantitative estimate of drug-likeness (QED) is 0.623. The Morgan fingerprint density at radius 1 is 1.07 bits per heavy atom. The lowest BCUT2D eigenvalue weighted by Crippen LogP contribution is -2.33. The molecule has 1 saturated carbocycles. The van der Waals surface area contributed by atoms with Crippen molar-refractivity contribution in [3.8, 4) is 5.75 Å². The molecule has 1 aliphatic rings. The first-order valence-electron chi connectivity index (χ1n) is 9.26. The second-order valence-corrected chi connectivity index (χ2v) is 8.97. The van der Waals surface area contributed by atoms with Gasteiger partial charge in [0.25, 0.3) is 0 Å². The lowest BCUT2D eigenvalue weighted by Gasteiger charge is -2.22. The summed E-state index contributed by atoms with van der Waals surface area (Å²) >= 11 is 0. The minimum Gasteiger partial charge on any atom is -0.488 e. The van der Waals surface area contributed by atoms with Crippen molar-refractivity contribution in [3.63, 3.8) is 0 Å². The average molecular weight is 390 g/mol. The highest BCUT2D eigenvalue weighted by atomic mass is 32.2. The van der Waals surface area contributed by atoms with E-state index in [4.69, 9.17) is 9.47 Å². The number of hydrogen-bond donors (Lipinski definition) is 0. The van der Waals surface area contributed by atoms with Crippen LogP contribution < -0.4 is 4.74 Å². The molecule has 6 heteroatoms. The van der Waals surface area contributed by atoms with Gasteiger partial charge in [-0.2, -0.15) is 4.31 Å². The fraction of sp³-hybridized carbons (Fsp3) is 0.429. The monoisotopic (exact) mass is 389 g/mol. The number of benzene rings is 2. The van der Waals surface area contributed by atoms with E-state index in [9.17, 15) is 8.42 Å². The summed E-state index contributed by atoms with van der Waals surface area (Å²) in [6.45, 7) is 2.82. The van der Waals surface area contributed by atoms with Gasteiger partial charge in [-0.3, -0.25) is 0 Å². The van der Waals surface area contributed by atoms with E-state index >= 15 is 0 Å². The topological polar surface area (TPSA) is 55.8 Å². The molecule has 3 rings (SSSR count). The van der Waals surface area contributed by atoms with Crippen molar-refractivity contribution in [2.24, 2.45) is 0 Å². The zero-order valence-electron chi connectivity index (χ0n) is 15.9. The minimum absolute atomic E-state index is 0.0331. The third-order valence-corrected chi connectivity index (χ3v) is 6.32. The van der Waals surface area contributed by atoms with Gasteiger partial charge >= 0.3 is 0 Å². The predicted molar refractivity (Wildman–Crippen MR) is 106 cm³/mol. The van der Waals surface area contributed by atoms with E-state index in [-0.39, 0.29) is 17.9 Å². The number of nitrogens with zero attached hydrogens (tertiary/aromatic N) is 1. The summed E-state index contributed by atoms with van der Waals surface area (Å²) in [6, 6.07) is 17.1. The van der Waals surface area contributed by atoms with Crippen molar-refractivity contribution in [1.29, 1.82) is 0 Å². The second-order valence-electron chi connectivity index (χ2n) is 7.05. The van der Waals surface area contributed by atoms with Gasteiger partial charge in [-0.1, -0.05) is 42.5 Å². The van der Waals surface area contributed by atoms with Crippen LogP contribution in [0.2, 0.25) is 0 Å². The molecule has 0 N–H and O–H groups in total. The summed E-state index contributed by atoms with van der Waals surface area (Å²) in [5, 5.41) is 0. The van der Waals surface area contributed by atoms with Gasteiger partial charge in [0.05, 0.1) is 12.4 Å². The van der Waals surface area contributed by atoms with Crippen molar-refractivity contribution >= 4 is 10.0 Å². The molecule has 1 atom stereocenters. The summed E-state index contributed by atoms with van der Waals surface area (Å²) in [7, 11) is -1.74. The van der Waals surface area contributed by atoms with Crippen LogP contribution in [-0.4, -0.2) is 38.6 Å². The largest absolute Gasteiger partial charge is 0.488 e. The summed E-state index contributed by atoms with van der Waals surface area (Å²) in [5.74, 6) is 0.763. The highest BCUT2D eigenvalue weighted by molar-refractivity contribution is 7.88. The van der Waals surface area contributed by atoms with Gasteiger partial charge in [0.1, 0.15) is 11.9 Å². The van der Waals surface area contributed by atoms with Crippen molar-refractivity contribution < 1.29 is 17.9 Å². The average Bonchev–Trinajstić information content (AvgIpc) is 3.45. The highest BCUT2D eigenvalue weighted by Crippen LogP contribution is 2.32. The van der Waals surface area contributed by atoms with Crippen LogP contribution in [0.5, 0.6) is 5.75 Å². The summed E-state index contributed by atoms with van der Waals surface area (Å²) in [6.07, 6.45) is 1.79. The molecule has 0 saturated heterocycles. The molecule has 0 amide bonds. The van der Waals surface area contributed by atoms with Gasteiger partial charge in [0.15, 0.2) is 0 Å². The Balaban J connectivity index is 1.73. The maximum absolute atomic E-state index is 13.0. The van der Waals surface area contributed by atoms with Crippen LogP contribution in [0.1, 0.15) is 30.9 Å². The first-order valence-corrected chi connectivity index (χ1v) is 10.9. The molecule has 0 radical (unpaired) electrons. The van der Waals surface area contributed by atoms with Gasteiger partial charge in [-0.05, 0) is 43.0 Å². The Hall–Kier alpha value is -1.89. The van der Waals surface area contributed by atoms with Gasteiger partial charge in [0, 0.05) is 19.7 Å². The summed E-state index contributed by atoms with van der Waals surface area (Å²) in [4.78, 5) is 0. The second kappa shape index (κ2) is 8.87. The van der Waals surface area contributed by atoms with Crippen molar-refractivity contribution in [3.05, 3.63) is 65.7 Å². The predicted octanol–water partition coefficient (Wildman–Crippen LogP) is 3.59. The van der Waals surface area contributed by atoms with Crippen molar-refractivity contribution in [1.82, 2.24) is 4.31 Å². The maximum Gasteiger partial charge on any atom is 0.218 e. The molecule has 2 aromatic rings. The molecule has 1 unspecified atom stereocenters. The lowest BCUT2D eigenvalue weighted by molar-refractivity contribution is 0.0920. The molecule has 0 spiro atoms. The molecule has 146 valence electrons. The zero-order valence-corrected chi connectivity index (χ0v) is 16.7. The van der Waals surface area contributed by atoms with E-state index in [0.717, 1.165) is 29.7 Å². The fourth-order valence-electron chi connectivity index (χ4n) is 3.08. The number of hydrogen-bond acceptors (Lipinski definition) is 4. The molecule has 1 aliphatic carbocycles. The Bertz CT molecular complexity index is 834. The first-order chi connectivity index (χ1) is 13.0.